The monoisotopic (exact) mass is 872 g/mol. The van der Waals surface area contributed by atoms with Crippen LogP contribution in [0, 0.1) is 17.7 Å². The predicted octanol–water partition coefficient (Wildman–Crippen LogP) is 6.59. The number of pyridine rings is 1. The maximum atomic E-state index is 16.6. The van der Waals surface area contributed by atoms with Crippen molar-refractivity contribution in [2.45, 2.75) is 75.2 Å². The summed E-state index contributed by atoms with van der Waals surface area (Å²) < 4.78 is 55.4. The second-order valence-electron chi connectivity index (χ2n) is 17.7. The summed E-state index contributed by atoms with van der Waals surface area (Å²) in [6.07, 6.45) is 7.51. The minimum Gasteiger partial charge on any atom is -0.480 e. The molecule has 326 valence electrons. The number of aryl methyl sites for hydroxylation is 2. The van der Waals surface area contributed by atoms with E-state index in [4.69, 9.17) is 26.4 Å². The molecule has 4 fully saturated rings. The first-order valence-electron chi connectivity index (χ1n) is 21.5. The van der Waals surface area contributed by atoms with E-state index in [-0.39, 0.29) is 56.6 Å². The van der Waals surface area contributed by atoms with Gasteiger partial charge in [0.05, 0.1) is 51.6 Å². The smallest absolute Gasteiger partial charge is 0.301 e. The standard InChI is InChI=1S/C44H48ClF3N10O4/c1-55-31-9-8-30(35(46)34(31)37-38(42(55)61)62-22-44(47,48)39(52-37)25-3-4-25)50-40-29(45)20-49-43(53-40)58-17-11-23(12-18-58)21-57-15-13-24(14-16-57)26-5-6-27-32(19-26)56(2)54-36(27)28-7-10-33(59)51-41(28)60/h5-6,8-9,19-20,23-25,28,39,52H,3-4,7,10-18,21-22H2,1-2H3,(H,49,50,53)(H,51,59,60). The molecule has 10 rings (SSSR count). The first kappa shape index (κ1) is 40.6. The van der Waals surface area contributed by atoms with E-state index in [9.17, 15) is 14.4 Å². The van der Waals surface area contributed by atoms with Crippen molar-refractivity contribution in [1.29, 1.82) is 0 Å². The number of hydrogen-bond donors (Lipinski definition) is 3. The average molecular weight is 873 g/mol. The summed E-state index contributed by atoms with van der Waals surface area (Å²) in [4.78, 5) is 51.4. The number of carbonyl (C=O) groups excluding carboxylic acids is 2. The average Bonchev–Trinajstić information content (AvgIpc) is 4.07. The molecule has 62 heavy (non-hydrogen) atoms. The Kier molecular flexibility index (Phi) is 10.3. The van der Waals surface area contributed by atoms with Crippen LogP contribution < -0.4 is 31.1 Å². The third-order valence-electron chi connectivity index (χ3n) is 13.6. The lowest BCUT2D eigenvalue weighted by molar-refractivity contribution is -0.134. The zero-order valence-electron chi connectivity index (χ0n) is 34.5. The van der Waals surface area contributed by atoms with Crippen LogP contribution in [0.5, 0.6) is 5.75 Å². The number of alkyl halides is 2. The van der Waals surface area contributed by atoms with E-state index in [1.807, 2.05) is 11.7 Å². The fourth-order valence-electron chi connectivity index (χ4n) is 9.97. The van der Waals surface area contributed by atoms with E-state index in [1.54, 1.807) is 6.07 Å². The Morgan fingerprint density at radius 1 is 0.968 bits per heavy atom. The van der Waals surface area contributed by atoms with Gasteiger partial charge in [-0.25, -0.2) is 18.2 Å². The molecule has 3 aromatic heterocycles. The van der Waals surface area contributed by atoms with Gasteiger partial charge in [0.2, 0.25) is 23.5 Å². The lowest BCUT2D eigenvalue weighted by Crippen LogP contribution is -2.44. The highest BCUT2D eigenvalue weighted by molar-refractivity contribution is 6.33. The Labute approximate surface area is 360 Å². The molecule has 1 aliphatic carbocycles. The SMILES string of the molecule is Cn1nc(C2CCC(=O)NC2=O)c2ccc(C3CCN(CC4CCN(c5ncc(Cl)c(Nc6ccc7c(c6F)c6c(c(=O)n7C)OCC(F)(F)C(C7CC7)N6)n5)CC4)CC3)cc21. The molecule has 7 heterocycles. The number of rotatable bonds is 8. The van der Waals surface area contributed by atoms with Gasteiger partial charge in [0.15, 0.2) is 18.2 Å². The Hall–Kier alpha value is -5.42. The van der Waals surface area contributed by atoms with Gasteiger partial charge in [-0.15, -0.1) is 0 Å². The van der Waals surface area contributed by atoms with Crippen LogP contribution in [0.4, 0.5) is 36.3 Å². The van der Waals surface area contributed by atoms with Gasteiger partial charge in [0, 0.05) is 45.5 Å². The second kappa shape index (κ2) is 15.7. The topological polar surface area (TPSA) is 152 Å². The molecular formula is C44H48ClF3N10O4. The van der Waals surface area contributed by atoms with E-state index in [0.717, 1.165) is 75.0 Å². The summed E-state index contributed by atoms with van der Waals surface area (Å²) >= 11 is 6.56. The molecule has 0 spiro atoms. The number of anilines is 4. The molecule has 14 nitrogen and oxygen atoms in total. The number of hydrogen-bond acceptors (Lipinski definition) is 11. The number of carbonyl (C=O) groups is 2. The summed E-state index contributed by atoms with van der Waals surface area (Å²) in [6.45, 7) is 3.54. The van der Waals surface area contributed by atoms with Crippen LogP contribution in [0.2, 0.25) is 5.02 Å². The van der Waals surface area contributed by atoms with E-state index in [1.165, 1.54) is 29.4 Å². The quantitative estimate of drug-likeness (QED) is 0.145. The summed E-state index contributed by atoms with van der Waals surface area (Å²) in [5.74, 6) is -3.99. The molecule has 3 saturated heterocycles. The van der Waals surface area contributed by atoms with Gasteiger partial charge >= 0.3 is 5.92 Å². The number of amides is 2. The summed E-state index contributed by atoms with van der Waals surface area (Å²) in [5.41, 5.74) is 2.53. The zero-order valence-corrected chi connectivity index (χ0v) is 35.3. The fraction of sp³-hybridized carbons (Fsp3) is 0.500. The maximum absolute atomic E-state index is 16.6. The van der Waals surface area contributed by atoms with Crippen LogP contribution in [0.15, 0.2) is 41.3 Å². The van der Waals surface area contributed by atoms with E-state index in [2.05, 4.69) is 48.9 Å². The van der Waals surface area contributed by atoms with Gasteiger partial charge in [-0.1, -0.05) is 23.7 Å². The highest BCUT2D eigenvalue weighted by Gasteiger charge is 2.51. The van der Waals surface area contributed by atoms with Gasteiger partial charge in [0.25, 0.3) is 5.56 Å². The normalized spacial score (nSPS) is 22.6. The van der Waals surface area contributed by atoms with Crippen molar-refractivity contribution in [2.24, 2.45) is 25.9 Å². The van der Waals surface area contributed by atoms with Crippen LogP contribution >= 0.6 is 11.6 Å². The summed E-state index contributed by atoms with van der Waals surface area (Å²) in [7, 11) is 3.36. The largest absolute Gasteiger partial charge is 0.480 e. The van der Waals surface area contributed by atoms with Gasteiger partial charge < -0.3 is 29.7 Å². The summed E-state index contributed by atoms with van der Waals surface area (Å²) in [6, 6.07) is 8.21. The van der Waals surface area contributed by atoms with Crippen molar-refractivity contribution >= 4 is 68.4 Å². The molecule has 2 unspecified atom stereocenters. The minimum absolute atomic E-state index is 0.00426. The van der Waals surface area contributed by atoms with Crippen molar-refractivity contribution < 1.29 is 27.5 Å². The number of ether oxygens (including phenoxy) is 1. The first-order chi connectivity index (χ1) is 29.8. The van der Waals surface area contributed by atoms with Crippen LogP contribution in [0.25, 0.3) is 21.8 Å². The fourth-order valence-corrected chi connectivity index (χ4v) is 10.1. The molecule has 5 aliphatic rings. The number of imide groups is 1. The molecular weight excluding hydrogens is 825 g/mol. The number of aromatic nitrogens is 5. The van der Waals surface area contributed by atoms with E-state index >= 15 is 13.2 Å². The van der Waals surface area contributed by atoms with Gasteiger partial charge in [-0.2, -0.15) is 10.1 Å². The van der Waals surface area contributed by atoms with E-state index < -0.39 is 35.9 Å². The van der Waals surface area contributed by atoms with Crippen molar-refractivity contribution in [3.8, 4) is 5.75 Å². The molecule has 2 atom stereocenters. The summed E-state index contributed by atoms with van der Waals surface area (Å²) in [5, 5.41) is 14.1. The number of halogens is 4. The lowest BCUT2D eigenvalue weighted by atomic mass is 9.87. The van der Waals surface area contributed by atoms with Crippen LogP contribution in [-0.2, 0) is 23.7 Å². The van der Waals surface area contributed by atoms with Crippen LogP contribution in [0.1, 0.15) is 74.5 Å². The molecule has 3 N–H and O–H groups in total. The maximum Gasteiger partial charge on any atom is 0.301 e. The molecule has 0 radical (unpaired) electrons. The first-order valence-corrected chi connectivity index (χ1v) is 21.9. The number of nitrogens with one attached hydrogen (secondary N) is 3. The Balaban J connectivity index is 0.775. The molecule has 5 aromatic rings. The third-order valence-corrected chi connectivity index (χ3v) is 13.9. The van der Waals surface area contributed by atoms with Crippen molar-refractivity contribution in [2.75, 3.05) is 54.9 Å². The van der Waals surface area contributed by atoms with Crippen molar-refractivity contribution in [3.05, 3.63) is 69.0 Å². The van der Waals surface area contributed by atoms with Gasteiger partial charge in [-0.3, -0.25) is 24.4 Å². The number of piperidine rings is 3. The van der Waals surface area contributed by atoms with Crippen molar-refractivity contribution in [3.63, 3.8) is 0 Å². The molecule has 2 aromatic carbocycles. The number of benzene rings is 2. The number of nitrogens with zero attached hydrogens (tertiary/aromatic N) is 7. The highest BCUT2D eigenvalue weighted by Crippen LogP contribution is 2.46. The Bertz CT molecular complexity index is 2670. The van der Waals surface area contributed by atoms with E-state index in [0.29, 0.717) is 43.5 Å². The third kappa shape index (κ3) is 7.39. The second-order valence-corrected chi connectivity index (χ2v) is 18.1. The van der Waals surface area contributed by atoms with Gasteiger partial charge in [0.1, 0.15) is 5.02 Å². The molecule has 2 amide bonds. The molecule has 4 aliphatic heterocycles. The van der Waals surface area contributed by atoms with Gasteiger partial charge in [-0.05, 0) is 99.6 Å². The van der Waals surface area contributed by atoms with Crippen molar-refractivity contribution in [1.82, 2.24) is 34.5 Å². The highest BCUT2D eigenvalue weighted by atomic mass is 35.5. The zero-order chi connectivity index (χ0) is 43.0. The lowest BCUT2D eigenvalue weighted by Gasteiger charge is -2.38. The molecule has 18 heteroatoms. The minimum atomic E-state index is -3.26. The Morgan fingerprint density at radius 2 is 1.74 bits per heavy atom. The predicted molar refractivity (Wildman–Crippen MR) is 229 cm³/mol. The number of likely N-dealkylation sites (tertiary alicyclic amines) is 1. The molecule has 1 saturated carbocycles. The number of fused-ring (bicyclic) bond motifs is 4. The van der Waals surface area contributed by atoms with Crippen LogP contribution in [-0.4, -0.2) is 92.3 Å². The molecule has 0 bridgehead atoms. The Morgan fingerprint density at radius 3 is 2.48 bits per heavy atom. The van der Waals surface area contributed by atoms with Crippen LogP contribution in [0.3, 0.4) is 0 Å².